The van der Waals surface area contributed by atoms with Crippen molar-refractivity contribution in [2.24, 2.45) is 0 Å². The van der Waals surface area contributed by atoms with Crippen LogP contribution in [0.4, 0.5) is 0 Å². The Bertz CT molecular complexity index is 840. The SMILES string of the molecule is CCc1nc(SCC(=O)c2ccc(Br)cc2)c(C#N)c2c1CCCC2. The van der Waals surface area contributed by atoms with E-state index in [4.69, 9.17) is 4.98 Å². The van der Waals surface area contributed by atoms with E-state index in [1.807, 2.05) is 24.3 Å². The first-order valence-electron chi connectivity index (χ1n) is 8.50. The zero-order chi connectivity index (χ0) is 17.8. The molecule has 0 bridgehead atoms. The lowest BCUT2D eigenvalue weighted by molar-refractivity contribution is 0.102. The summed E-state index contributed by atoms with van der Waals surface area (Å²) in [7, 11) is 0. The van der Waals surface area contributed by atoms with Gasteiger partial charge in [0.25, 0.3) is 0 Å². The highest BCUT2D eigenvalue weighted by Crippen LogP contribution is 2.32. The van der Waals surface area contributed by atoms with Gasteiger partial charge in [-0.05, 0) is 55.4 Å². The Hall–Kier alpha value is -1.64. The lowest BCUT2D eigenvalue weighted by Gasteiger charge is -2.21. The average molecular weight is 415 g/mol. The number of Topliss-reactive ketones (excluding diaryl/α,β-unsaturated/α-hetero) is 1. The minimum absolute atomic E-state index is 0.0546. The minimum Gasteiger partial charge on any atom is -0.293 e. The summed E-state index contributed by atoms with van der Waals surface area (Å²) in [5.74, 6) is 0.351. The van der Waals surface area contributed by atoms with Crippen molar-refractivity contribution in [2.75, 3.05) is 5.75 Å². The molecule has 3 nitrogen and oxygen atoms in total. The summed E-state index contributed by atoms with van der Waals surface area (Å²) >= 11 is 4.76. The third-order valence-corrected chi connectivity index (χ3v) is 6.03. The first-order chi connectivity index (χ1) is 12.1. The molecule has 25 heavy (non-hydrogen) atoms. The number of aryl methyl sites for hydroxylation is 1. The number of pyridine rings is 1. The maximum Gasteiger partial charge on any atom is 0.173 e. The van der Waals surface area contributed by atoms with Gasteiger partial charge in [0.05, 0.1) is 11.3 Å². The normalized spacial score (nSPS) is 13.2. The molecule has 0 saturated carbocycles. The number of ketones is 1. The standard InChI is InChI=1S/C20H19BrN2OS/c1-2-18-16-6-4-3-5-15(16)17(11-22)20(23-18)25-12-19(24)13-7-9-14(21)10-8-13/h7-10H,2-6,12H2,1H3. The number of thioether (sulfide) groups is 1. The van der Waals surface area contributed by atoms with Gasteiger partial charge in [-0.25, -0.2) is 4.98 Å². The maximum absolute atomic E-state index is 12.4. The highest BCUT2D eigenvalue weighted by molar-refractivity contribution is 9.10. The number of carbonyl (C=O) groups excluding carboxylic acids is 1. The zero-order valence-electron chi connectivity index (χ0n) is 14.1. The molecule has 0 spiro atoms. The quantitative estimate of drug-likeness (QED) is 0.502. The van der Waals surface area contributed by atoms with Crippen molar-refractivity contribution < 1.29 is 4.79 Å². The van der Waals surface area contributed by atoms with E-state index >= 15 is 0 Å². The van der Waals surface area contributed by atoms with Gasteiger partial charge >= 0.3 is 0 Å². The number of rotatable bonds is 5. The van der Waals surface area contributed by atoms with Crippen molar-refractivity contribution in [2.45, 2.75) is 44.1 Å². The van der Waals surface area contributed by atoms with Crippen LogP contribution in [0.1, 0.15) is 52.5 Å². The fraction of sp³-hybridized carbons (Fsp3) is 0.350. The number of nitrogens with zero attached hydrogens (tertiary/aromatic N) is 2. The predicted molar refractivity (Wildman–Crippen MR) is 104 cm³/mol. The molecule has 0 atom stereocenters. The number of aromatic nitrogens is 1. The van der Waals surface area contributed by atoms with Crippen molar-refractivity contribution in [3.05, 3.63) is 56.7 Å². The second-order valence-electron chi connectivity index (χ2n) is 6.09. The van der Waals surface area contributed by atoms with Crippen LogP contribution in [-0.2, 0) is 19.3 Å². The van der Waals surface area contributed by atoms with Crippen LogP contribution < -0.4 is 0 Å². The number of hydrogen-bond acceptors (Lipinski definition) is 4. The van der Waals surface area contributed by atoms with Crippen LogP contribution in [0.2, 0.25) is 0 Å². The largest absolute Gasteiger partial charge is 0.293 e. The summed E-state index contributed by atoms with van der Waals surface area (Å²) in [5, 5.41) is 10.4. The van der Waals surface area contributed by atoms with E-state index in [0.29, 0.717) is 21.9 Å². The molecule has 1 aromatic heterocycles. The Morgan fingerprint density at radius 3 is 2.56 bits per heavy atom. The Morgan fingerprint density at radius 2 is 1.92 bits per heavy atom. The summed E-state index contributed by atoms with van der Waals surface area (Å²) < 4.78 is 0.951. The van der Waals surface area contributed by atoms with Gasteiger partial charge < -0.3 is 0 Å². The lowest BCUT2D eigenvalue weighted by atomic mass is 9.87. The van der Waals surface area contributed by atoms with Crippen LogP contribution in [0, 0.1) is 11.3 Å². The van der Waals surface area contributed by atoms with Gasteiger partial charge in [0, 0.05) is 15.7 Å². The molecule has 0 radical (unpaired) electrons. The van der Waals surface area contributed by atoms with E-state index in [1.165, 1.54) is 29.3 Å². The molecule has 2 aromatic rings. The first-order valence-corrected chi connectivity index (χ1v) is 10.3. The number of fused-ring (bicyclic) bond motifs is 1. The van der Waals surface area contributed by atoms with Gasteiger partial charge in [-0.3, -0.25) is 4.79 Å². The van der Waals surface area contributed by atoms with Crippen molar-refractivity contribution in [3.63, 3.8) is 0 Å². The van der Waals surface area contributed by atoms with E-state index in [1.54, 1.807) is 0 Å². The third-order valence-electron chi connectivity index (χ3n) is 4.52. The zero-order valence-corrected chi connectivity index (χ0v) is 16.5. The van der Waals surface area contributed by atoms with E-state index in [9.17, 15) is 10.1 Å². The van der Waals surface area contributed by atoms with Crippen LogP contribution in [0.25, 0.3) is 0 Å². The van der Waals surface area contributed by atoms with Crippen molar-refractivity contribution in [1.82, 2.24) is 4.98 Å². The van der Waals surface area contributed by atoms with Crippen molar-refractivity contribution in [1.29, 1.82) is 5.26 Å². The van der Waals surface area contributed by atoms with Gasteiger partial charge in [-0.15, -0.1) is 0 Å². The van der Waals surface area contributed by atoms with E-state index in [-0.39, 0.29) is 5.78 Å². The van der Waals surface area contributed by atoms with Gasteiger partial charge in [0.15, 0.2) is 5.78 Å². The van der Waals surface area contributed by atoms with Gasteiger partial charge in [0.2, 0.25) is 0 Å². The first kappa shape index (κ1) is 18.2. The molecular weight excluding hydrogens is 396 g/mol. The summed E-state index contributed by atoms with van der Waals surface area (Å²) in [6, 6.07) is 9.71. The van der Waals surface area contributed by atoms with E-state index < -0.39 is 0 Å². The molecule has 1 aliphatic rings. The summed E-state index contributed by atoms with van der Waals surface area (Å²) in [6.07, 6.45) is 5.12. The Morgan fingerprint density at radius 1 is 1.24 bits per heavy atom. The second kappa shape index (κ2) is 8.16. The molecule has 0 N–H and O–H groups in total. The molecular formula is C20H19BrN2OS. The predicted octanol–water partition coefficient (Wildman–Crippen LogP) is 5.13. The fourth-order valence-electron chi connectivity index (χ4n) is 3.24. The molecule has 0 unspecified atom stereocenters. The Balaban J connectivity index is 1.86. The molecule has 128 valence electrons. The number of nitriles is 1. The van der Waals surface area contributed by atoms with Crippen molar-refractivity contribution >= 4 is 33.5 Å². The molecule has 0 fully saturated rings. The Labute approximate surface area is 161 Å². The highest BCUT2D eigenvalue weighted by Gasteiger charge is 2.22. The summed E-state index contributed by atoms with van der Waals surface area (Å²) in [4.78, 5) is 17.2. The van der Waals surface area contributed by atoms with Crippen LogP contribution in [-0.4, -0.2) is 16.5 Å². The number of hydrogen-bond donors (Lipinski definition) is 0. The van der Waals surface area contributed by atoms with Crippen LogP contribution in [0.5, 0.6) is 0 Å². The molecule has 1 aromatic carbocycles. The van der Waals surface area contributed by atoms with Crippen LogP contribution in [0.15, 0.2) is 33.8 Å². The number of benzene rings is 1. The van der Waals surface area contributed by atoms with E-state index in [0.717, 1.165) is 35.8 Å². The van der Waals surface area contributed by atoms with Gasteiger partial charge in [0.1, 0.15) is 11.1 Å². The molecule has 3 rings (SSSR count). The van der Waals surface area contributed by atoms with Crippen molar-refractivity contribution in [3.8, 4) is 6.07 Å². The summed E-state index contributed by atoms with van der Waals surface area (Å²) in [5.41, 5.74) is 4.89. The lowest BCUT2D eigenvalue weighted by Crippen LogP contribution is -2.13. The topological polar surface area (TPSA) is 53.8 Å². The molecule has 0 amide bonds. The highest BCUT2D eigenvalue weighted by atomic mass is 79.9. The second-order valence-corrected chi connectivity index (χ2v) is 7.97. The Kier molecular flexibility index (Phi) is 5.93. The summed E-state index contributed by atoms with van der Waals surface area (Å²) in [6.45, 7) is 2.10. The molecule has 0 aliphatic heterocycles. The van der Waals surface area contributed by atoms with Crippen LogP contribution >= 0.6 is 27.7 Å². The van der Waals surface area contributed by atoms with Crippen LogP contribution in [0.3, 0.4) is 0 Å². The monoisotopic (exact) mass is 414 g/mol. The molecule has 0 saturated heterocycles. The molecule has 1 aliphatic carbocycles. The smallest absolute Gasteiger partial charge is 0.173 e. The number of halogens is 1. The third kappa shape index (κ3) is 3.96. The molecule has 5 heteroatoms. The van der Waals surface area contributed by atoms with Gasteiger partial charge in [-0.1, -0.05) is 46.7 Å². The molecule has 1 heterocycles. The van der Waals surface area contributed by atoms with Gasteiger partial charge in [-0.2, -0.15) is 5.26 Å². The average Bonchev–Trinajstić information content (AvgIpc) is 2.65. The minimum atomic E-state index is 0.0546. The van der Waals surface area contributed by atoms with E-state index in [2.05, 4.69) is 28.9 Å². The fourth-order valence-corrected chi connectivity index (χ4v) is 4.43. The number of carbonyl (C=O) groups is 1. The maximum atomic E-state index is 12.4.